The third-order valence-corrected chi connectivity index (χ3v) is 5.29. The van der Waals surface area contributed by atoms with Crippen molar-refractivity contribution in [2.45, 2.75) is 84.3 Å². The third kappa shape index (κ3) is 6.25. The van der Waals surface area contributed by atoms with Crippen LogP contribution in [0.15, 0.2) is 24.3 Å². The van der Waals surface area contributed by atoms with Crippen molar-refractivity contribution in [3.05, 3.63) is 35.4 Å². The number of carboxylic acids is 1. The van der Waals surface area contributed by atoms with Crippen LogP contribution >= 0.6 is 0 Å². The summed E-state index contributed by atoms with van der Waals surface area (Å²) < 4.78 is 5.38. The fraction of sp³-hybridized carbons (Fsp3) is 0.652. The minimum atomic E-state index is -0.954. The van der Waals surface area contributed by atoms with E-state index in [-0.39, 0.29) is 5.41 Å². The molecule has 5 heteroatoms. The van der Waals surface area contributed by atoms with Crippen molar-refractivity contribution < 1.29 is 19.4 Å². The maximum atomic E-state index is 12.4. The minimum absolute atomic E-state index is 0.141. The van der Waals surface area contributed by atoms with Gasteiger partial charge in [0.15, 0.2) is 0 Å². The summed E-state index contributed by atoms with van der Waals surface area (Å²) in [7, 11) is 0. The molecular formula is C23H35NO4. The number of carboxylic acid groups (broad SMARTS) is 1. The van der Waals surface area contributed by atoms with E-state index in [9.17, 15) is 14.7 Å². The lowest BCUT2D eigenvalue weighted by atomic mass is 9.84. The molecule has 0 bridgehead atoms. The minimum Gasteiger partial charge on any atom is -0.480 e. The number of benzene rings is 1. The number of carbonyl (C=O) groups is 2. The fourth-order valence-corrected chi connectivity index (χ4v) is 3.62. The first-order chi connectivity index (χ1) is 12.9. The van der Waals surface area contributed by atoms with Gasteiger partial charge in [0.05, 0.1) is 0 Å². The van der Waals surface area contributed by atoms with Crippen molar-refractivity contribution in [1.82, 2.24) is 4.90 Å². The van der Waals surface area contributed by atoms with Gasteiger partial charge in [-0.2, -0.15) is 0 Å². The standard InChI is InChI=1S/C23H35NO4/c1-22(2,3)18-11-9-16(10-12-18)7-8-17-13-14-24(19(15-17)20(25)26)21(27)28-23(4,5)6/h9-12,17,19H,7-8,13-15H2,1-6H3,(H,25,26)/t17-,19-/m1/s1. The smallest absolute Gasteiger partial charge is 0.411 e. The van der Waals surface area contributed by atoms with Crippen molar-refractivity contribution in [1.29, 1.82) is 0 Å². The number of hydrogen-bond donors (Lipinski definition) is 1. The monoisotopic (exact) mass is 389 g/mol. The van der Waals surface area contributed by atoms with Crippen molar-refractivity contribution in [2.75, 3.05) is 6.54 Å². The summed E-state index contributed by atoms with van der Waals surface area (Å²) in [6.07, 6.45) is 2.61. The number of nitrogens with zero attached hydrogens (tertiary/aromatic N) is 1. The Bertz CT molecular complexity index is 682. The number of carbonyl (C=O) groups excluding carboxylic acids is 1. The lowest BCUT2D eigenvalue weighted by Crippen LogP contribution is -2.51. The van der Waals surface area contributed by atoms with Gasteiger partial charge in [-0.1, -0.05) is 45.0 Å². The third-order valence-electron chi connectivity index (χ3n) is 5.29. The molecule has 2 atom stereocenters. The highest BCUT2D eigenvalue weighted by atomic mass is 16.6. The molecule has 28 heavy (non-hydrogen) atoms. The van der Waals surface area contributed by atoms with E-state index >= 15 is 0 Å². The van der Waals surface area contributed by atoms with Gasteiger partial charge in [0.1, 0.15) is 11.6 Å². The first kappa shape index (κ1) is 22.3. The van der Waals surface area contributed by atoms with Crippen LogP contribution < -0.4 is 0 Å². The Morgan fingerprint density at radius 3 is 2.21 bits per heavy atom. The van der Waals surface area contributed by atoms with Crippen LogP contribution in [0.5, 0.6) is 0 Å². The molecule has 0 aliphatic carbocycles. The molecule has 0 aromatic heterocycles. The molecule has 5 nitrogen and oxygen atoms in total. The molecule has 1 aliphatic rings. The number of aliphatic carboxylic acids is 1. The van der Waals surface area contributed by atoms with Gasteiger partial charge in [0.2, 0.25) is 0 Å². The molecule has 156 valence electrons. The van der Waals surface area contributed by atoms with Gasteiger partial charge in [-0.15, -0.1) is 0 Å². The molecule has 0 radical (unpaired) electrons. The quantitative estimate of drug-likeness (QED) is 0.785. The second kappa shape index (κ2) is 8.54. The second-order valence-electron chi connectivity index (χ2n) is 9.90. The average molecular weight is 390 g/mol. The van der Waals surface area contributed by atoms with Crippen LogP contribution in [-0.4, -0.2) is 40.3 Å². The Hall–Kier alpha value is -2.04. The van der Waals surface area contributed by atoms with Crippen molar-refractivity contribution in [3.63, 3.8) is 0 Å². The Morgan fingerprint density at radius 2 is 1.71 bits per heavy atom. The zero-order valence-electron chi connectivity index (χ0n) is 18.1. The highest BCUT2D eigenvalue weighted by Gasteiger charge is 2.38. The van der Waals surface area contributed by atoms with Gasteiger partial charge in [-0.3, -0.25) is 4.90 Å². The number of aryl methyl sites for hydroxylation is 1. The Balaban J connectivity index is 1.95. The zero-order valence-corrected chi connectivity index (χ0v) is 18.1. The van der Waals surface area contributed by atoms with Crippen LogP contribution in [0.1, 0.15) is 71.9 Å². The number of piperidine rings is 1. The Kier molecular flexibility index (Phi) is 6.79. The predicted molar refractivity (Wildman–Crippen MR) is 111 cm³/mol. The molecule has 0 unspecified atom stereocenters. The lowest BCUT2D eigenvalue weighted by molar-refractivity contribution is -0.145. The fourth-order valence-electron chi connectivity index (χ4n) is 3.62. The molecule has 1 saturated heterocycles. The van der Waals surface area contributed by atoms with Gasteiger partial charge in [0.25, 0.3) is 0 Å². The SMILES string of the molecule is CC(C)(C)OC(=O)N1CC[C@@H](CCc2ccc(C(C)(C)C)cc2)C[C@@H]1C(=O)O. The predicted octanol–water partition coefficient (Wildman–Crippen LogP) is 5.02. The van der Waals surface area contributed by atoms with E-state index in [2.05, 4.69) is 45.0 Å². The van der Waals surface area contributed by atoms with Crippen LogP contribution in [0.25, 0.3) is 0 Å². The van der Waals surface area contributed by atoms with Gasteiger partial charge >= 0.3 is 12.1 Å². The van der Waals surface area contributed by atoms with Crippen molar-refractivity contribution in [2.24, 2.45) is 5.92 Å². The molecule has 1 aliphatic heterocycles. The van der Waals surface area contributed by atoms with E-state index in [0.29, 0.717) is 18.9 Å². The largest absolute Gasteiger partial charge is 0.480 e. The number of hydrogen-bond acceptors (Lipinski definition) is 3. The number of rotatable bonds is 4. The summed E-state index contributed by atoms with van der Waals surface area (Å²) >= 11 is 0. The van der Waals surface area contributed by atoms with E-state index in [0.717, 1.165) is 19.3 Å². The van der Waals surface area contributed by atoms with Crippen LogP contribution in [0.4, 0.5) is 4.79 Å². The van der Waals surface area contributed by atoms with Gasteiger partial charge < -0.3 is 9.84 Å². The zero-order chi connectivity index (χ0) is 21.1. The molecule has 1 amide bonds. The highest BCUT2D eigenvalue weighted by Crippen LogP contribution is 2.29. The summed E-state index contributed by atoms with van der Waals surface area (Å²) in [6.45, 7) is 12.4. The molecular weight excluding hydrogens is 354 g/mol. The normalized spacial score (nSPS) is 20.7. The molecule has 0 saturated carbocycles. The van der Waals surface area contributed by atoms with Crippen LogP contribution in [-0.2, 0) is 21.4 Å². The summed E-state index contributed by atoms with van der Waals surface area (Å²) in [4.78, 5) is 25.5. The molecule has 1 aromatic carbocycles. The van der Waals surface area contributed by atoms with E-state index in [1.807, 2.05) is 0 Å². The van der Waals surface area contributed by atoms with Crippen LogP contribution in [0.2, 0.25) is 0 Å². The maximum absolute atomic E-state index is 12.4. The number of amides is 1. The van der Waals surface area contributed by atoms with Gasteiger partial charge in [-0.05, 0) is 68.9 Å². The van der Waals surface area contributed by atoms with Gasteiger partial charge in [-0.25, -0.2) is 9.59 Å². The molecule has 0 spiro atoms. The van der Waals surface area contributed by atoms with E-state index < -0.39 is 23.7 Å². The van der Waals surface area contributed by atoms with Crippen LogP contribution in [0.3, 0.4) is 0 Å². The highest BCUT2D eigenvalue weighted by molar-refractivity contribution is 5.80. The molecule has 2 rings (SSSR count). The topological polar surface area (TPSA) is 66.8 Å². The molecule has 1 aromatic rings. The summed E-state index contributed by atoms with van der Waals surface area (Å²) in [5, 5.41) is 9.62. The van der Waals surface area contributed by atoms with Crippen molar-refractivity contribution in [3.8, 4) is 0 Å². The Morgan fingerprint density at radius 1 is 1.11 bits per heavy atom. The van der Waals surface area contributed by atoms with Crippen molar-refractivity contribution >= 4 is 12.1 Å². The first-order valence-corrected chi connectivity index (χ1v) is 10.2. The Labute approximate surface area is 169 Å². The maximum Gasteiger partial charge on any atom is 0.411 e. The van der Waals surface area contributed by atoms with Gasteiger partial charge in [0, 0.05) is 6.54 Å². The summed E-state index contributed by atoms with van der Waals surface area (Å²) in [5.41, 5.74) is 2.10. The first-order valence-electron chi connectivity index (χ1n) is 10.2. The molecule has 1 N–H and O–H groups in total. The summed E-state index contributed by atoms with van der Waals surface area (Å²) in [6, 6.07) is 7.90. The van der Waals surface area contributed by atoms with E-state index in [1.165, 1.54) is 16.0 Å². The molecule has 1 heterocycles. The van der Waals surface area contributed by atoms with Crippen LogP contribution in [0, 0.1) is 5.92 Å². The van der Waals surface area contributed by atoms with E-state index in [1.54, 1.807) is 20.8 Å². The summed E-state index contributed by atoms with van der Waals surface area (Å²) in [5.74, 6) is -0.660. The number of likely N-dealkylation sites (tertiary alicyclic amines) is 1. The van der Waals surface area contributed by atoms with E-state index in [4.69, 9.17) is 4.74 Å². The second-order valence-corrected chi connectivity index (χ2v) is 9.90. The number of ether oxygens (including phenoxy) is 1. The average Bonchev–Trinajstić information content (AvgIpc) is 2.57. The molecule has 1 fully saturated rings. The lowest BCUT2D eigenvalue weighted by Gasteiger charge is -2.38.